The number of nitrogens with zero attached hydrogens (tertiary/aromatic N) is 2. The van der Waals surface area contributed by atoms with Gasteiger partial charge in [-0.3, -0.25) is 9.59 Å². The Balaban J connectivity index is 1.91. The maximum Gasteiger partial charge on any atom is 0.341 e. The van der Waals surface area contributed by atoms with Crippen LogP contribution < -0.4 is 10.5 Å². The van der Waals surface area contributed by atoms with Crippen LogP contribution in [0.2, 0.25) is 0 Å². The summed E-state index contributed by atoms with van der Waals surface area (Å²) in [7, 11) is 0. The first-order valence-electron chi connectivity index (χ1n) is 10.2. The van der Waals surface area contributed by atoms with Gasteiger partial charge in [0.25, 0.3) is 11.7 Å². The standard InChI is InChI=1S/C25H21N3O5/c1-15-21(23(31)24(26)32)22-19(11-12-27-25(22)33-14-20(29)30)28(15)13-17-9-5-6-10-18(17)16-7-3-2-4-8-16/h2-12H,13-14H2,1H3,(H2,26,32)(H,29,30). The molecule has 0 aliphatic heterocycles. The molecule has 0 unspecified atom stereocenters. The lowest BCUT2D eigenvalue weighted by Crippen LogP contribution is -2.24. The van der Waals surface area contributed by atoms with Crippen LogP contribution in [0.15, 0.2) is 66.9 Å². The van der Waals surface area contributed by atoms with Crippen LogP contribution in [0, 0.1) is 6.92 Å². The second-order valence-electron chi connectivity index (χ2n) is 7.46. The molecule has 0 saturated heterocycles. The summed E-state index contributed by atoms with van der Waals surface area (Å²) >= 11 is 0. The summed E-state index contributed by atoms with van der Waals surface area (Å²) in [6.45, 7) is 1.46. The normalized spacial score (nSPS) is 10.8. The molecule has 0 fully saturated rings. The Hall–Kier alpha value is -4.46. The largest absolute Gasteiger partial charge is 0.479 e. The van der Waals surface area contributed by atoms with Crippen LogP contribution >= 0.6 is 0 Å². The van der Waals surface area contributed by atoms with E-state index in [2.05, 4.69) is 4.98 Å². The van der Waals surface area contributed by atoms with E-state index in [1.54, 1.807) is 13.0 Å². The van der Waals surface area contributed by atoms with E-state index in [9.17, 15) is 14.4 Å². The first-order chi connectivity index (χ1) is 15.9. The van der Waals surface area contributed by atoms with Gasteiger partial charge in [0.1, 0.15) is 0 Å². The van der Waals surface area contributed by atoms with E-state index in [-0.39, 0.29) is 16.8 Å². The molecule has 0 spiro atoms. The quantitative estimate of drug-likeness (QED) is 0.318. The van der Waals surface area contributed by atoms with Crippen molar-refractivity contribution >= 4 is 28.6 Å². The molecular formula is C25H21N3O5. The van der Waals surface area contributed by atoms with E-state index in [1.807, 2.05) is 59.2 Å². The van der Waals surface area contributed by atoms with Gasteiger partial charge in [-0.15, -0.1) is 0 Å². The predicted octanol–water partition coefficient (Wildman–Crippen LogP) is 3.19. The number of amides is 1. The number of aromatic nitrogens is 2. The number of hydrogen-bond acceptors (Lipinski definition) is 5. The van der Waals surface area contributed by atoms with Gasteiger partial charge in [0, 0.05) is 18.4 Å². The summed E-state index contributed by atoms with van der Waals surface area (Å²) in [5.74, 6) is -3.24. The Morgan fingerprint density at radius 1 is 1.03 bits per heavy atom. The number of carboxylic acids is 1. The van der Waals surface area contributed by atoms with E-state index in [0.29, 0.717) is 17.8 Å². The zero-order chi connectivity index (χ0) is 23.5. The van der Waals surface area contributed by atoms with Crippen molar-refractivity contribution in [1.29, 1.82) is 0 Å². The first-order valence-corrected chi connectivity index (χ1v) is 10.2. The molecule has 2 aromatic carbocycles. The fourth-order valence-electron chi connectivity index (χ4n) is 3.96. The number of rotatable bonds is 8. The smallest absolute Gasteiger partial charge is 0.341 e. The number of benzene rings is 2. The number of aliphatic carboxylic acids is 1. The number of pyridine rings is 1. The zero-order valence-corrected chi connectivity index (χ0v) is 17.8. The van der Waals surface area contributed by atoms with E-state index in [0.717, 1.165) is 16.7 Å². The van der Waals surface area contributed by atoms with Crippen LogP contribution in [0.1, 0.15) is 21.6 Å². The van der Waals surface area contributed by atoms with Gasteiger partial charge < -0.3 is 20.1 Å². The van der Waals surface area contributed by atoms with Crippen molar-refractivity contribution in [3.63, 3.8) is 0 Å². The molecule has 33 heavy (non-hydrogen) atoms. The molecule has 0 atom stereocenters. The van der Waals surface area contributed by atoms with Gasteiger partial charge in [-0.1, -0.05) is 54.6 Å². The number of carboxylic acid groups (broad SMARTS) is 1. The second-order valence-corrected chi connectivity index (χ2v) is 7.46. The van der Waals surface area contributed by atoms with E-state index in [1.165, 1.54) is 6.20 Å². The number of carbonyl (C=O) groups is 3. The average molecular weight is 443 g/mol. The molecule has 0 saturated carbocycles. The number of nitrogens with two attached hydrogens (primary N) is 1. The summed E-state index contributed by atoms with van der Waals surface area (Å²) in [5.41, 5.74) is 9.51. The minimum atomic E-state index is -1.19. The number of carbonyl (C=O) groups excluding carboxylic acids is 2. The highest BCUT2D eigenvalue weighted by atomic mass is 16.5. The SMILES string of the molecule is Cc1c(C(=O)C(N)=O)c2c(OCC(=O)O)nccc2n1Cc1ccccc1-c1ccccc1. The second kappa shape index (κ2) is 8.96. The van der Waals surface area contributed by atoms with Crippen molar-refractivity contribution < 1.29 is 24.2 Å². The molecule has 3 N–H and O–H groups in total. The lowest BCUT2D eigenvalue weighted by atomic mass is 9.99. The third-order valence-electron chi connectivity index (χ3n) is 5.42. The summed E-state index contributed by atoms with van der Waals surface area (Å²) < 4.78 is 7.21. The van der Waals surface area contributed by atoms with Crippen molar-refractivity contribution in [2.45, 2.75) is 13.5 Å². The molecule has 8 heteroatoms. The van der Waals surface area contributed by atoms with Crippen LogP contribution in [0.3, 0.4) is 0 Å². The summed E-state index contributed by atoms with van der Waals surface area (Å²) in [6.07, 6.45) is 1.47. The lowest BCUT2D eigenvalue weighted by Gasteiger charge is -2.14. The predicted molar refractivity (Wildman–Crippen MR) is 122 cm³/mol. The maximum atomic E-state index is 12.7. The van der Waals surface area contributed by atoms with Gasteiger partial charge in [0.05, 0.1) is 16.5 Å². The molecule has 4 rings (SSSR count). The molecule has 1 amide bonds. The third kappa shape index (κ3) is 4.18. The Bertz CT molecular complexity index is 1380. The number of primary amides is 1. The van der Waals surface area contributed by atoms with Gasteiger partial charge >= 0.3 is 5.97 Å². The topological polar surface area (TPSA) is 125 Å². The zero-order valence-electron chi connectivity index (χ0n) is 17.8. The van der Waals surface area contributed by atoms with Crippen molar-refractivity contribution in [3.8, 4) is 17.0 Å². The van der Waals surface area contributed by atoms with Gasteiger partial charge in [0.2, 0.25) is 5.88 Å². The van der Waals surface area contributed by atoms with Crippen molar-refractivity contribution in [2.75, 3.05) is 6.61 Å². The minimum absolute atomic E-state index is 0.0438. The highest BCUT2D eigenvalue weighted by molar-refractivity contribution is 6.45. The molecule has 4 aromatic rings. The molecule has 0 bridgehead atoms. The van der Waals surface area contributed by atoms with E-state index >= 15 is 0 Å². The number of fused-ring (bicyclic) bond motifs is 1. The molecule has 0 radical (unpaired) electrons. The van der Waals surface area contributed by atoms with Crippen molar-refractivity contribution in [3.05, 3.63) is 83.7 Å². The highest BCUT2D eigenvalue weighted by Crippen LogP contribution is 2.34. The van der Waals surface area contributed by atoms with Gasteiger partial charge in [-0.25, -0.2) is 9.78 Å². The summed E-state index contributed by atoms with van der Waals surface area (Å²) in [6, 6.07) is 19.5. The summed E-state index contributed by atoms with van der Waals surface area (Å²) in [5, 5.41) is 9.27. The molecular weight excluding hydrogens is 422 g/mol. The van der Waals surface area contributed by atoms with E-state index in [4.69, 9.17) is 15.6 Å². The van der Waals surface area contributed by atoms with Crippen LogP contribution in [-0.2, 0) is 16.1 Å². The summed E-state index contributed by atoms with van der Waals surface area (Å²) in [4.78, 5) is 39.7. The highest BCUT2D eigenvalue weighted by Gasteiger charge is 2.27. The van der Waals surface area contributed by atoms with Crippen LogP contribution in [0.25, 0.3) is 22.0 Å². The Morgan fingerprint density at radius 2 is 1.73 bits per heavy atom. The minimum Gasteiger partial charge on any atom is -0.479 e. The Labute approximate surface area is 189 Å². The number of Topliss-reactive ketones (excluding diaryl/α,β-unsaturated/α-hetero) is 1. The molecule has 0 aliphatic rings. The first kappa shape index (κ1) is 21.8. The average Bonchev–Trinajstić information content (AvgIpc) is 3.09. The van der Waals surface area contributed by atoms with Crippen molar-refractivity contribution in [1.82, 2.24) is 9.55 Å². The van der Waals surface area contributed by atoms with Crippen LogP contribution in [0.5, 0.6) is 5.88 Å². The van der Waals surface area contributed by atoms with Crippen LogP contribution in [0.4, 0.5) is 0 Å². The molecule has 166 valence electrons. The fourth-order valence-corrected chi connectivity index (χ4v) is 3.96. The Kier molecular flexibility index (Phi) is 5.91. The maximum absolute atomic E-state index is 12.7. The van der Waals surface area contributed by atoms with Gasteiger partial charge in [0.15, 0.2) is 6.61 Å². The molecule has 2 heterocycles. The molecule has 0 aliphatic carbocycles. The third-order valence-corrected chi connectivity index (χ3v) is 5.42. The van der Waals surface area contributed by atoms with Crippen LogP contribution in [-0.4, -0.2) is 38.9 Å². The monoisotopic (exact) mass is 443 g/mol. The Morgan fingerprint density at radius 3 is 2.42 bits per heavy atom. The molecule has 2 aromatic heterocycles. The molecule has 8 nitrogen and oxygen atoms in total. The number of ether oxygens (including phenoxy) is 1. The van der Waals surface area contributed by atoms with Gasteiger partial charge in [-0.05, 0) is 29.7 Å². The number of hydrogen-bond donors (Lipinski definition) is 2. The lowest BCUT2D eigenvalue weighted by molar-refractivity contribution is -0.139. The number of ketones is 1. The van der Waals surface area contributed by atoms with E-state index < -0.39 is 24.3 Å². The fraction of sp³-hybridized carbons (Fsp3) is 0.120. The van der Waals surface area contributed by atoms with Gasteiger partial charge in [-0.2, -0.15) is 0 Å². The van der Waals surface area contributed by atoms with Crippen molar-refractivity contribution in [2.24, 2.45) is 5.73 Å².